The fraction of sp³-hybridized carbons (Fsp3) is 1.00. The number of aliphatic hydroxyl groups excluding tert-OH is 1. The summed E-state index contributed by atoms with van der Waals surface area (Å²) in [7, 11) is 0. The van der Waals surface area contributed by atoms with Crippen LogP contribution in [0.25, 0.3) is 0 Å². The van der Waals surface area contributed by atoms with Crippen LogP contribution in [0.2, 0.25) is 0 Å². The van der Waals surface area contributed by atoms with Gasteiger partial charge in [-0.3, -0.25) is 0 Å². The Balaban J connectivity index is 1.67. The first-order valence-corrected chi connectivity index (χ1v) is 7.79. The molecule has 0 aromatic rings. The van der Waals surface area contributed by atoms with E-state index in [1.165, 1.54) is 58.4 Å². The second kappa shape index (κ2) is 6.88. The molecule has 0 bridgehead atoms. The highest BCUT2D eigenvalue weighted by atomic mass is 16.3. The molecule has 2 aliphatic heterocycles. The molecule has 0 aliphatic carbocycles. The van der Waals surface area contributed by atoms with Gasteiger partial charge in [-0.1, -0.05) is 0 Å². The summed E-state index contributed by atoms with van der Waals surface area (Å²) < 4.78 is 0. The Labute approximate surface area is 112 Å². The standard InChI is InChI=1S/C15H30N2O/c1-13(11-14(2)18)17-9-5-15(6-10-17)12-16-7-3-4-8-16/h13-15,18H,3-12H2,1-2H3. The van der Waals surface area contributed by atoms with Gasteiger partial charge in [0, 0.05) is 12.6 Å². The first kappa shape index (κ1) is 14.3. The van der Waals surface area contributed by atoms with Gasteiger partial charge < -0.3 is 14.9 Å². The van der Waals surface area contributed by atoms with Gasteiger partial charge in [-0.2, -0.15) is 0 Å². The molecule has 2 unspecified atom stereocenters. The van der Waals surface area contributed by atoms with Crippen LogP contribution in [0.4, 0.5) is 0 Å². The molecule has 18 heavy (non-hydrogen) atoms. The molecule has 0 aromatic heterocycles. The highest BCUT2D eigenvalue weighted by Crippen LogP contribution is 2.22. The van der Waals surface area contributed by atoms with Gasteiger partial charge in [0.25, 0.3) is 0 Å². The maximum absolute atomic E-state index is 9.46. The largest absolute Gasteiger partial charge is 0.393 e. The number of aliphatic hydroxyl groups is 1. The minimum atomic E-state index is -0.165. The Kier molecular flexibility index (Phi) is 5.46. The summed E-state index contributed by atoms with van der Waals surface area (Å²) >= 11 is 0. The topological polar surface area (TPSA) is 26.7 Å². The molecule has 106 valence electrons. The molecule has 0 aromatic carbocycles. The van der Waals surface area contributed by atoms with Crippen LogP contribution in [0.1, 0.15) is 46.0 Å². The maximum Gasteiger partial charge on any atom is 0.0526 e. The van der Waals surface area contributed by atoms with Crippen molar-refractivity contribution in [2.45, 2.75) is 58.1 Å². The van der Waals surface area contributed by atoms with Crippen LogP contribution in [0.3, 0.4) is 0 Å². The van der Waals surface area contributed by atoms with E-state index < -0.39 is 0 Å². The Bertz CT molecular complexity index is 231. The Morgan fingerprint density at radius 3 is 2.22 bits per heavy atom. The van der Waals surface area contributed by atoms with Crippen LogP contribution < -0.4 is 0 Å². The van der Waals surface area contributed by atoms with E-state index in [1.807, 2.05) is 6.92 Å². The molecule has 2 rings (SSSR count). The smallest absolute Gasteiger partial charge is 0.0526 e. The normalized spacial score (nSPS) is 27.5. The third kappa shape index (κ3) is 4.22. The highest BCUT2D eigenvalue weighted by molar-refractivity contribution is 4.80. The third-order valence-electron chi connectivity index (χ3n) is 4.67. The van der Waals surface area contributed by atoms with Crippen LogP contribution >= 0.6 is 0 Å². The van der Waals surface area contributed by atoms with Crippen molar-refractivity contribution >= 4 is 0 Å². The quantitative estimate of drug-likeness (QED) is 0.812. The minimum Gasteiger partial charge on any atom is -0.393 e. The molecule has 0 spiro atoms. The molecule has 2 saturated heterocycles. The van der Waals surface area contributed by atoms with Crippen molar-refractivity contribution < 1.29 is 5.11 Å². The number of rotatable bonds is 5. The zero-order chi connectivity index (χ0) is 13.0. The molecule has 0 amide bonds. The number of piperidine rings is 1. The molecule has 0 saturated carbocycles. The summed E-state index contributed by atoms with van der Waals surface area (Å²) in [5.41, 5.74) is 0. The summed E-state index contributed by atoms with van der Waals surface area (Å²) in [5, 5.41) is 9.46. The summed E-state index contributed by atoms with van der Waals surface area (Å²) in [4.78, 5) is 5.22. The summed E-state index contributed by atoms with van der Waals surface area (Å²) in [6.07, 6.45) is 6.26. The minimum absolute atomic E-state index is 0.165. The van der Waals surface area contributed by atoms with E-state index in [-0.39, 0.29) is 6.10 Å². The van der Waals surface area contributed by atoms with Crippen molar-refractivity contribution in [1.82, 2.24) is 9.80 Å². The molecule has 0 radical (unpaired) electrons. The number of hydrogen-bond acceptors (Lipinski definition) is 3. The lowest BCUT2D eigenvalue weighted by Gasteiger charge is -2.37. The van der Waals surface area contributed by atoms with E-state index in [2.05, 4.69) is 16.7 Å². The molecule has 3 nitrogen and oxygen atoms in total. The fourth-order valence-corrected chi connectivity index (χ4v) is 3.55. The lowest BCUT2D eigenvalue weighted by molar-refractivity contribution is 0.0850. The third-order valence-corrected chi connectivity index (χ3v) is 4.67. The van der Waals surface area contributed by atoms with Gasteiger partial charge in [0.2, 0.25) is 0 Å². The first-order valence-electron chi connectivity index (χ1n) is 7.79. The average Bonchev–Trinajstić information content (AvgIpc) is 2.82. The van der Waals surface area contributed by atoms with Crippen molar-refractivity contribution in [2.24, 2.45) is 5.92 Å². The van der Waals surface area contributed by atoms with Gasteiger partial charge in [-0.15, -0.1) is 0 Å². The van der Waals surface area contributed by atoms with Crippen LogP contribution in [-0.4, -0.2) is 59.8 Å². The number of hydrogen-bond donors (Lipinski definition) is 1. The molecular formula is C15H30N2O. The van der Waals surface area contributed by atoms with Gasteiger partial charge in [0.1, 0.15) is 0 Å². The van der Waals surface area contributed by atoms with Crippen molar-refractivity contribution in [3.05, 3.63) is 0 Å². The van der Waals surface area contributed by atoms with E-state index in [4.69, 9.17) is 0 Å². The summed E-state index contributed by atoms with van der Waals surface area (Å²) in [6.45, 7) is 10.6. The predicted molar refractivity (Wildman–Crippen MR) is 75.7 cm³/mol. The molecule has 2 fully saturated rings. The van der Waals surface area contributed by atoms with Gasteiger partial charge in [-0.05, 0) is 78.0 Å². The van der Waals surface area contributed by atoms with Gasteiger partial charge in [0.15, 0.2) is 0 Å². The summed E-state index contributed by atoms with van der Waals surface area (Å²) in [5.74, 6) is 0.915. The van der Waals surface area contributed by atoms with Crippen molar-refractivity contribution in [2.75, 3.05) is 32.7 Å². The second-order valence-electron chi connectivity index (χ2n) is 6.42. The van der Waals surface area contributed by atoms with E-state index >= 15 is 0 Å². The monoisotopic (exact) mass is 254 g/mol. The van der Waals surface area contributed by atoms with E-state index in [9.17, 15) is 5.11 Å². The molecular weight excluding hydrogens is 224 g/mol. The zero-order valence-corrected chi connectivity index (χ0v) is 12.1. The SMILES string of the molecule is CC(O)CC(C)N1CCC(CN2CCCC2)CC1. The maximum atomic E-state index is 9.46. The van der Waals surface area contributed by atoms with E-state index in [0.717, 1.165) is 12.3 Å². The first-order chi connectivity index (χ1) is 8.65. The molecule has 2 heterocycles. The number of nitrogens with zero attached hydrogens (tertiary/aromatic N) is 2. The number of likely N-dealkylation sites (tertiary alicyclic amines) is 2. The van der Waals surface area contributed by atoms with Gasteiger partial charge >= 0.3 is 0 Å². The van der Waals surface area contributed by atoms with Crippen LogP contribution in [0.15, 0.2) is 0 Å². The van der Waals surface area contributed by atoms with Gasteiger partial charge in [-0.25, -0.2) is 0 Å². The molecule has 2 aliphatic rings. The Hall–Kier alpha value is -0.120. The lowest BCUT2D eigenvalue weighted by atomic mass is 9.94. The van der Waals surface area contributed by atoms with E-state index in [1.54, 1.807) is 0 Å². The predicted octanol–water partition coefficient (Wildman–Crippen LogP) is 1.95. The average molecular weight is 254 g/mol. The fourth-order valence-electron chi connectivity index (χ4n) is 3.55. The Morgan fingerprint density at radius 1 is 1.06 bits per heavy atom. The molecule has 2 atom stereocenters. The van der Waals surface area contributed by atoms with Crippen LogP contribution in [0.5, 0.6) is 0 Å². The Morgan fingerprint density at radius 2 is 1.67 bits per heavy atom. The zero-order valence-electron chi connectivity index (χ0n) is 12.1. The van der Waals surface area contributed by atoms with Gasteiger partial charge in [0.05, 0.1) is 6.10 Å². The van der Waals surface area contributed by atoms with Crippen molar-refractivity contribution in [3.8, 4) is 0 Å². The highest BCUT2D eigenvalue weighted by Gasteiger charge is 2.25. The van der Waals surface area contributed by atoms with Crippen LogP contribution in [0, 0.1) is 5.92 Å². The molecule has 3 heteroatoms. The van der Waals surface area contributed by atoms with E-state index in [0.29, 0.717) is 6.04 Å². The second-order valence-corrected chi connectivity index (χ2v) is 6.42. The molecule has 1 N–H and O–H groups in total. The van der Waals surface area contributed by atoms with Crippen molar-refractivity contribution in [1.29, 1.82) is 0 Å². The van der Waals surface area contributed by atoms with Crippen LogP contribution in [-0.2, 0) is 0 Å². The lowest BCUT2D eigenvalue weighted by Crippen LogP contribution is -2.43. The summed E-state index contributed by atoms with van der Waals surface area (Å²) in [6, 6.07) is 0.540. The van der Waals surface area contributed by atoms with Crippen molar-refractivity contribution in [3.63, 3.8) is 0 Å².